The maximum atomic E-state index is 12.6. The average molecular weight is 201 g/mol. The van der Waals surface area contributed by atoms with Gasteiger partial charge in [0.25, 0.3) is 0 Å². The number of halogens is 2. The van der Waals surface area contributed by atoms with Gasteiger partial charge in [-0.2, -0.15) is 0 Å². The highest BCUT2D eigenvalue weighted by atomic mass is 35.5. The predicted molar refractivity (Wildman–Crippen MR) is 51.1 cm³/mol. The summed E-state index contributed by atoms with van der Waals surface area (Å²) < 4.78 is 12.6. The third kappa shape index (κ3) is 2.28. The van der Waals surface area contributed by atoms with Crippen molar-refractivity contribution in [2.24, 2.45) is 0 Å². The van der Waals surface area contributed by atoms with Crippen LogP contribution in [0.25, 0.3) is 0 Å². The Morgan fingerprint density at radius 2 is 2.15 bits per heavy atom. The Morgan fingerprint density at radius 1 is 1.54 bits per heavy atom. The van der Waals surface area contributed by atoms with Crippen molar-refractivity contribution in [3.8, 4) is 0 Å². The smallest absolute Gasteiger partial charge is 0.196 e. The molecule has 0 heterocycles. The van der Waals surface area contributed by atoms with Crippen LogP contribution in [0.15, 0.2) is 18.2 Å². The molecule has 13 heavy (non-hydrogen) atoms. The highest BCUT2D eigenvalue weighted by molar-refractivity contribution is 6.31. The second kappa shape index (κ2) is 3.88. The van der Waals surface area contributed by atoms with Crippen LogP contribution in [-0.2, 0) is 0 Å². The average Bonchev–Trinajstić information content (AvgIpc) is 2.08. The Morgan fingerprint density at radius 3 is 2.62 bits per heavy atom. The minimum Gasteiger partial charge on any atom is -0.291 e. The molecule has 1 rings (SSSR count). The van der Waals surface area contributed by atoms with Gasteiger partial charge in [0.2, 0.25) is 0 Å². The molecule has 0 aliphatic rings. The summed E-state index contributed by atoms with van der Waals surface area (Å²) in [5.41, 5.74) is 1.16. The maximum Gasteiger partial charge on any atom is 0.196 e. The molecule has 1 atom stereocenters. The Kier molecular flexibility index (Phi) is 3.04. The van der Waals surface area contributed by atoms with Crippen molar-refractivity contribution in [2.75, 3.05) is 0 Å². The zero-order valence-electron chi connectivity index (χ0n) is 7.47. The Labute approximate surface area is 81.5 Å². The molecule has 0 fully saturated rings. The van der Waals surface area contributed by atoms with Crippen LogP contribution >= 0.6 is 11.6 Å². The SMILES string of the molecule is Cc1cc(C(=O)C(C)F)ccc1Cl. The van der Waals surface area contributed by atoms with E-state index in [-0.39, 0.29) is 0 Å². The second-order valence-corrected chi connectivity index (χ2v) is 3.35. The molecule has 0 spiro atoms. The molecule has 0 saturated heterocycles. The zero-order chi connectivity index (χ0) is 10.0. The summed E-state index contributed by atoms with van der Waals surface area (Å²) in [6.45, 7) is 3.01. The van der Waals surface area contributed by atoms with Crippen molar-refractivity contribution in [1.29, 1.82) is 0 Å². The van der Waals surface area contributed by atoms with E-state index in [4.69, 9.17) is 11.6 Å². The van der Waals surface area contributed by atoms with E-state index in [0.29, 0.717) is 10.6 Å². The first-order valence-corrected chi connectivity index (χ1v) is 4.34. The summed E-state index contributed by atoms with van der Waals surface area (Å²) in [6, 6.07) is 4.74. The molecule has 0 saturated carbocycles. The number of carbonyl (C=O) groups is 1. The van der Waals surface area contributed by atoms with E-state index >= 15 is 0 Å². The van der Waals surface area contributed by atoms with E-state index in [1.165, 1.54) is 13.0 Å². The van der Waals surface area contributed by atoms with Gasteiger partial charge in [-0.3, -0.25) is 4.79 Å². The standard InChI is InChI=1S/C10H10ClFO/c1-6-5-8(3-4-9(6)11)10(13)7(2)12/h3-5,7H,1-2H3. The first-order valence-electron chi connectivity index (χ1n) is 3.97. The third-order valence-corrected chi connectivity index (χ3v) is 2.23. The summed E-state index contributed by atoms with van der Waals surface area (Å²) in [6.07, 6.45) is -1.46. The van der Waals surface area contributed by atoms with Gasteiger partial charge in [0, 0.05) is 10.6 Å². The van der Waals surface area contributed by atoms with Gasteiger partial charge < -0.3 is 0 Å². The summed E-state index contributed by atoms with van der Waals surface area (Å²) in [5.74, 6) is -0.500. The fourth-order valence-electron chi connectivity index (χ4n) is 1.03. The van der Waals surface area contributed by atoms with E-state index < -0.39 is 12.0 Å². The fourth-order valence-corrected chi connectivity index (χ4v) is 1.15. The molecule has 1 unspecified atom stereocenters. The number of alkyl halides is 1. The highest BCUT2D eigenvalue weighted by Crippen LogP contribution is 2.17. The van der Waals surface area contributed by atoms with Gasteiger partial charge in [-0.05, 0) is 37.6 Å². The lowest BCUT2D eigenvalue weighted by molar-refractivity contribution is 0.0893. The molecule has 0 aliphatic heterocycles. The highest BCUT2D eigenvalue weighted by Gasteiger charge is 2.13. The summed E-state index contributed by atoms with van der Waals surface area (Å²) in [5, 5.41) is 0.586. The predicted octanol–water partition coefficient (Wildman–Crippen LogP) is 3.19. The number of benzene rings is 1. The summed E-state index contributed by atoms with van der Waals surface area (Å²) in [4.78, 5) is 11.2. The topological polar surface area (TPSA) is 17.1 Å². The lowest BCUT2D eigenvalue weighted by atomic mass is 10.1. The summed E-state index contributed by atoms with van der Waals surface area (Å²) in [7, 11) is 0. The minimum absolute atomic E-state index is 0.372. The van der Waals surface area contributed by atoms with E-state index in [2.05, 4.69) is 0 Å². The number of hydrogen-bond donors (Lipinski definition) is 0. The zero-order valence-corrected chi connectivity index (χ0v) is 8.23. The van der Waals surface area contributed by atoms with Gasteiger partial charge in [0.05, 0.1) is 0 Å². The number of carbonyl (C=O) groups excluding carboxylic acids is 1. The van der Waals surface area contributed by atoms with Crippen LogP contribution in [0.1, 0.15) is 22.8 Å². The van der Waals surface area contributed by atoms with Crippen LogP contribution in [0.3, 0.4) is 0 Å². The van der Waals surface area contributed by atoms with Crippen molar-refractivity contribution < 1.29 is 9.18 Å². The molecule has 1 nitrogen and oxygen atoms in total. The molecule has 70 valence electrons. The monoisotopic (exact) mass is 200 g/mol. The Bertz CT molecular complexity index is 334. The van der Waals surface area contributed by atoms with Crippen molar-refractivity contribution in [1.82, 2.24) is 0 Å². The van der Waals surface area contributed by atoms with E-state index in [9.17, 15) is 9.18 Å². The molecule has 3 heteroatoms. The second-order valence-electron chi connectivity index (χ2n) is 2.94. The largest absolute Gasteiger partial charge is 0.291 e. The first kappa shape index (κ1) is 10.2. The Hall–Kier alpha value is -0.890. The van der Waals surface area contributed by atoms with Gasteiger partial charge in [-0.15, -0.1) is 0 Å². The van der Waals surface area contributed by atoms with Gasteiger partial charge in [-0.25, -0.2) is 4.39 Å². The normalized spacial score (nSPS) is 12.6. The number of rotatable bonds is 2. The molecule has 1 aromatic carbocycles. The molecular weight excluding hydrogens is 191 g/mol. The van der Waals surface area contributed by atoms with Crippen LogP contribution in [0.4, 0.5) is 4.39 Å². The Balaban J connectivity index is 3.04. The molecule has 0 radical (unpaired) electrons. The van der Waals surface area contributed by atoms with Crippen molar-refractivity contribution in [2.45, 2.75) is 20.0 Å². The molecule has 0 amide bonds. The van der Waals surface area contributed by atoms with Crippen LogP contribution < -0.4 is 0 Å². The van der Waals surface area contributed by atoms with E-state index in [1.54, 1.807) is 19.1 Å². The third-order valence-electron chi connectivity index (χ3n) is 1.80. The summed E-state index contributed by atoms with van der Waals surface area (Å²) >= 11 is 5.76. The van der Waals surface area contributed by atoms with Gasteiger partial charge in [-0.1, -0.05) is 11.6 Å². The first-order chi connectivity index (χ1) is 6.02. The molecule has 0 bridgehead atoms. The van der Waals surface area contributed by atoms with Crippen molar-refractivity contribution in [3.05, 3.63) is 34.3 Å². The van der Waals surface area contributed by atoms with E-state index in [0.717, 1.165) is 5.56 Å². The maximum absolute atomic E-state index is 12.6. The lowest BCUT2D eigenvalue weighted by Gasteiger charge is -2.03. The fraction of sp³-hybridized carbons (Fsp3) is 0.300. The molecule has 0 aromatic heterocycles. The lowest BCUT2D eigenvalue weighted by Crippen LogP contribution is -2.11. The number of ketones is 1. The minimum atomic E-state index is -1.46. The van der Waals surface area contributed by atoms with Crippen LogP contribution in [0, 0.1) is 6.92 Å². The number of hydrogen-bond acceptors (Lipinski definition) is 1. The number of Topliss-reactive ketones (excluding diaryl/α,β-unsaturated/α-hetero) is 1. The van der Waals surface area contributed by atoms with E-state index in [1.807, 2.05) is 0 Å². The molecule has 0 N–H and O–H groups in total. The van der Waals surface area contributed by atoms with Gasteiger partial charge in [0.15, 0.2) is 12.0 Å². The van der Waals surface area contributed by atoms with Crippen LogP contribution in [0.2, 0.25) is 5.02 Å². The quantitative estimate of drug-likeness (QED) is 0.671. The number of aryl methyl sites for hydroxylation is 1. The van der Waals surface area contributed by atoms with Crippen LogP contribution in [-0.4, -0.2) is 12.0 Å². The van der Waals surface area contributed by atoms with Gasteiger partial charge in [0.1, 0.15) is 0 Å². The van der Waals surface area contributed by atoms with Gasteiger partial charge >= 0.3 is 0 Å². The molecule has 1 aromatic rings. The van der Waals surface area contributed by atoms with Crippen molar-refractivity contribution in [3.63, 3.8) is 0 Å². The molecular formula is C10H10ClFO. The van der Waals surface area contributed by atoms with Crippen LogP contribution in [0.5, 0.6) is 0 Å². The van der Waals surface area contributed by atoms with Crippen molar-refractivity contribution >= 4 is 17.4 Å². The molecule has 0 aliphatic carbocycles.